The zero-order chi connectivity index (χ0) is 14.7. The first kappa shape index (κ1) is 15.8. The predicted octanol–water partition coefficient (Wildman–Crippen LogP) is 4.81. The summed E-state index contributed by atoms with van der Waals surface area (Å²) in [7, 11) is 0. The first-order valence-corrected chi connectivity index (χ1v) is 7.73. The van der Waals surface area contributed by atoms with E-state index in [1.807, 2.05) is 19.1 Å². The predicted molar refractivity (Wildman–Crippen MR) is 89.1 cm³/mol. The maximum absolute atomic E-state index is 6.23. The maximum Gasteiger partial charge on any atom is 0.0624 e. The molecule has 20 heavy (non-hydrogen) atoms. The lowest BCUT2D eigenvalue weighted by Gasteiger charge is -2.19. The van der Waals surface area contributed by atoms with Crippen molar-refractivity contribution >= 4 is 39.1 Å². The summed E-state index contributed by atoms with van der Waals surface area (Å²) in [6, 6.07) is 11.8. The van der Waals surface area contributed by atoms with E-state index in [0.717, 1.165) is 15.6 Å². The minimum Gasteiger partial charge on any atom is -0.271 e. The minimum atomic E-state index is -0.0408. The third-order valence-electron chi connectivity index (χ3n) is 3.19. The molecule has 2 rings (SSSR count). The van der Waals surface area contributed by atoms with Gasteiger partial charge in [-0.15, -0.1) is 0 Å². The fourth-order valence-corrected chi connectivity index (χ4v) is 3.27. The molecule has 0 saturated heterocycles. The quantitative estimate of drug-likeness (QED) is 0.596. The Morgan fingerprint density at radius 3 is 2.65 bits per heavy atom. The van der Waals surface area contributed by atoms with Gasteiger partial charge >= 0.3 is 0 Å². The van der Waals surface area contributed by atoms with Crippen molar-refractivity contribution in [1.82, 2.24) is 5.43 Å². The van der Waals surface area contributed by atoms with Gasteiger partial charge in [0.15, 0.2) is 0 Å². The molecule has 1 atom stereocenters. The molecule has 0 bridgehead atoms. The SMILES string of the molecule is Cc1ccc(C(Cc2cccc(Cl)c2Cl)NN)c(Br)c1. The minimum absolute atomic E-state index is 0.0408. The van der Waals surface area contributed by atoms with E-state index in [1.165, 1.54) is 5.56 Å². The number of nitrogens with one attached hydrogen (secondary N) is 1. The van der Waals surface area contributed by atoms with Crippen LogP contribution in [0.5, 0.6) is 0 Å². The van der Waals surface area contributed by atoms with Gasteiger partial charge in [0.25, 0.3) is 0 Å². The lowest BCUT2D eigenvalue weighted by molar-refractivity contribution is 0.550. The van der Waals surface area contributed by atoms with Crippen molar-refractivity contribution in [3.63, 3.8) is 0 Å². The van der Waals surface area contributed by atoms with Crippen LogP contribution in [0.3, 0.4) is 0 Å². The average Bonchev–Trinajstić information content (AvgIpc) is 2.41. The third kappa shape index (κ3) is 3.54. The lowest BCUT2D eigenvalue weighted by Crippen LogP contribution is -2.30. The highest BCUT2D eigenvalue weighted by Crippen LogP contribution is 2.31. The van der Waals surface area contributed by atoms with E-state index in [1.54, 1.807) is 6.07 Å². The van der Waals surface area contributed by atoms with Crippen molar-refractivity contribution in [1.29, 1.82) is 0 Å². The van der Waals surface area contributed by atoms with Gasteiger partial charge in [0.2, 0.25) is 0 Å². The number of aryl methyl sites for hydroxylation is 1. The Hall–Kier alpha value is -0.580. The summed E-state index contributed by atoms with van der Waals surface area (Å²) in [6.07, 6.45) is 0.664. The first-order valence-electron chi connectivity index (χ1n) is 6.18. The van der Waals surface area contributed by atoms with Crippen molar-refractivity contribution in [3.05, 3.63) is 67.6 Å². The summed E-state index contributed by atoms with van der Waals surface area (Å²) >= 11 is 15.9. The monoisotopic (exact) mass is 372 g/mol. The van der Waals surface area contributed by atoms with E-state index in [9.17, 15) is 0 Å². The molecule has 2 nitrogen and oxygen atoms in total. The van der Waals surface area contributed by atoms with Gasteiger partial charge in [0, 0.05) is 4.47 Å². The zero-order valence-electron chi connectivity index (χ0n) is 11.0. The second-order valence-electron chi connectivity index (χ2n) is 4.66. The molecule has 0 aliphatic carbocycles. The molecule has 5 heteroatoms. The van der Waals surface area contributed by atoms with Crippen LogP contribution in [-0.4, -0.2) is 0 Å². The normalized spacial score (nSPS) is 12.4. The molecular formula is C15H15BrCl2N2. The summed E-state index contributed by atoms with van der Waals surface area (Å²) in [5.74, 6) is 5.70. The number of halogens is 3. The molecule has 0 heterocycles. The van der Waals surface area contributed by atoms with E-state index < -0.39 is 0 Å². The molecular weight excluding hydrogens is 359 g/mol. The van der Waals surface area contributed by atoms with E-state index in [4.69, 9.17) is 29.0 Å². The zero-order valence-corrected chi connectivity index (χ0v) is 14.1. The highest BCUT2D eigenvalue weighted by Gasteiger charge is 2.16. The van der Waals surface area contributed by atoms with Crippen LogP contribution < -0.4 is 11.3 Å². The Morgan fingerprint density at radius 1 is 1.25 bits per heavy atom. The van der Waals surface area contributed by atoms with Crippen molar-refractivity contribution in [2.45, 2.75) is 19.4 Å². The highest BCUT2D eigenvalue weighted by molar-refractivity contribution is 9.10. The molecule has 1 unspecified atom stereocenters. The summed E-state index contributed by atoms with van der Waals surface area (Å²) in [6.45, 7) is 2.05. The number of hydrazine groups is 1. The molecule has 0 aliphatic heterocycles. The fourth-order valence-electron chi connectivity index (χ4n) is 2.10. The molecule has 0 fully saturated rings. The number of nitrogens with two attached hydrogens (primary N) is 1. The highest BCUT2D eigenvalue weighted by atomic mass is 79.9. The van der Waals surface area contributed by atoms with Crippen LogP contribution in [0.15, 0.2) is 40.9 Å². The molecule has 2 aromatic rings. The fraction of sp³-hybridized carbons (Fsp3) is 0.200. The summed E-state index contributed by atoms with van der Waals surface area (Å²) in [5, 5.41) is 1.14. The van der Waals surface area contributed by atoms with Crippen molar-refractivity contribution in [2.24, 2.45) is 5.84 Å². The number of hydrogen-bond acceptors (Lipinski definition) is 2. The van der Waals surface area contributed by atoms with Gasteiger partial charge in [-0.1, -0.05) is 63.4 Å². The van der Waals surface area contributed by atoms with E-state index in [-0.39, 0.29) is 6.04 Å². The lowest BCUT2D eigenvalue weighted by atomic mass is 9.98. The summed E-state index contributed by atoms with van der Waals surface area (Å²) in [5.41, 5.74) is 6.09. The molecule has 2 aromatic carbocycles. The Balaban J connectivity index is 2.31. The second-order valence-corrected chi connectivity index (χ2v) is 6.30. The van der Waals surface area contributed by atoms with E-state index in [0.29, 0.717) is 16.5 Å². The molecule has 106 valence electrons. The molecule has 0 amide bonds. The Bertz CT molecular complexity index is 617. The number of hydrogen-bond donors (Lipinski definition) is 2. The van der Waals surface area contributed by atoms with E-state index in [2.05, 4.69) is 39.6 Å². The van der Waals surface area contributed by atoms with Gasteiger partial charge in [0.05, 0.1) is 16.1 Å². The topological polar surface area (TPSA) is 38.0 Å². The van der Waals surface area contributed by atoms with Crippen molar-refractivity contribution in [2.75, 3.05) is 0 Å². The van der Waals surface area contributed by atoms with Gasteiger partial charge in [0.1, 0.15) is 0 Å². The van der Waals surface area contributed by atoms with Crippen molar-refractivity contribution < 1.29 is 0 Å². The molecule has 0 aromatic heterocycles. The Morgan fingerprint density at radius 2 is 2.00 bits per heavy atom. The standard InChI is InChI=1S/C15H15BrCl2N2/c1-9-5-6-11(12(16)7-9)14(20-19)8-10-3-2-4-13(17)15(10)18/h2-7,14,20H,8,19H2,1H3. The molecule has 0 radical (unpaired) electrons. The van der Waals surface area contributed by atoms with Crippen LogP contribution in [0.25, 0.3) is 0 Å². The smallest absolute Gasteiger partial charge is 0.0624 e. The van der Waals surface area contributed by atoms with Gasteiger partial charge in [-0.2, -0.15) is 0 Å². The number of benzene rings is 2. The van der Waals surface area contributed by atoms with Crippen LogP contribution in [0.1, 0.15) is 22.7 Å². The summed E-state index contributed by atoms with van der Waals surface area (Å²) < 4.78 is 1.03. The van der Waals surface area contributed by atoms with Crippen LogP contribution in [0.4, 0.5) is 0 Å². The first-order chi connectivity index (χ1) is 9.52. The van der Waals surface area contributed by atoms with Crippen LogP contribution in [-0.2, 0) is 6.42 Å². The van der Waals surface area contributed by atoms with Gasteiger partial charge in [-0.05, 0) is 42.2 Å². The van der Waals surface area contributed by atoms with Crippen LogP contribution in [0.2, 0.25) is 10.0 Å². The van der Waals surface area contributed by atoms with Gasteiger partial charge < -0.3 is 0 Å². The second kappa shape index (κ2) is 6.92. The molecule has 0 saturated carbocycles. The molecule has 0 spiro atoms. The van der Waals surface area contributed by atoms with Crippen LogP contribution in [0, 0.1) is 6.92 Å². The van der Waals surface area contributed by atoms with E-state index >= 15 is 0 Å². The molecule has 0 aliphatic rings. The molecule has 3 N–H and O–H groups in total. The Labute approximate surface area is 137 Å². The van der Waals surface area contributed by atoms with Gasteiger partial charge in [-0.25, -0.2) is 0 Å². The maximum atomic E-state index is 6.23. The largest absolute Gasteiger partial charge is 0.271 e. The van der Waals surface area contributed by atoms with Crippen molar-refractivity contribution in [3.8, 4) is 0 Å². The Kier molecular flexibility index (Phi) is 5.47. The average molecular weight is 374 g/mol. The van der Waals surface area contributed by atoms with Crippen LogP contribution >= 0.6 is 39.1 Å². The summed E-state index contributed by atoms with van der Waals surface area (Å²) in [4.78, 5) is 0. The number of rotatable bonds is 4. The van der Waals surface area contributed by atoms with Gasteiger partial charge in [-0.3, -0.25) is 11.3 Å². The third-order valence-corrected chi connectivity index (χ3v) is 4.73.